The first-order valence-electron chi connectivity index (χ1n) is 5.60. The summed E-state index contributed by atoms with van der Waals surface area (Å²) in [5.41, 5.74) is 0. The molecule has 18 heavy (non-hydrogen) atoms. The molecule has 0 aliphatic rings. The zero-order chi connectivity index (χ0) is 13.1. The Hall–Kier alpha value is -2.18. The average molecular weight is 250 g/mol. The molecule has 0 fully saturated rings. The number of carbonyl (C=O) groups excluding carboxylic acids is 1. The van der Waals surface area contributed by atoms with Crippen molar-refractivity contribution >= 4 is 5.91 Å². The summed E-state index contributed by atoms with van der Waals surface area (Å²) in [5.74, 6) is 0.843. The Bertz CT molecular complexity index is 518. The molecule has 0 saturated carbocycles. The van der Waals surface area contributed by atoms with Crippen LogP contribution in [0.5, 0.6) is 0 Å². The van der Waals surface area contributed by atoms with Gasteiger partial charge in [-0.1, -0.05) is 13.8 Å². The van der Waals surface area contributed by atoms with Crippen LogP contribution in [-0.2, 0) is 0 Å². The Morgan fingerprint density at radius 1 is 1.28 bits per heavy atom. The van der Waals surface area contributed by atoms with E-state index in [2.05, 4.69) is 20.5 Å². The number of nitrogens with zero attached hydrogens (tertiary/aromatic N) is 3. The lowest BCUT2D eigenvalue weighted by atomic mass is 10.2. The van der Waals surface area contributed by atoms with Crippen molar-refractivity contribution in [1.29, 1.82) is 0 Å². The average Bonchev–Trinajstić information content (AvgIpc) is 3.00. The van der Waals surface area contributed by atoms with E-state index in [1.807, 2.05) is 13.8 Å². The number of aromatic nitrogens is 3. The van der Waals surface area contributed by atoms with Gasteiger partial charge in [-0.15, -0.1) is 10.2 Å². The van der Waals surface area contributed by atoms with E-state index in [0.717, 1.165) is 0 Å². The third-order valence-corrected chi connectivity index (χ3v) is 2.32. The van der Waals surface area contributed by atoms with Gasteiger partial charge in [-0.2, -0.15) is 0 Å². The molecule has 7 heteroatoms. The van der Waals surface area contributed by atoms with Gasteiger partial charge in [0.25, 0.3) is 5.91 Å². The van der Waals surface area contributed by atoms with Crippen LogP contribution in [-0.4, -0.2) is 21.1 Å². The topological polar surface area (TPSA) is 94.1 Å². The van der Waals surface area contributed by atoms with Crippen molar-refractivity contribution in [3.63, 3.8) is 0 Å². The summed E-state index contributed by atoms with van der Waals surface area (Å²) in [4.78, 5) is 15.4. The van der Waals surface area contributed by atoms with Gasteiger partial charge in [0, 0.05) is 5.92 Å². The molecule has 0 bridgehead atoms. The Labute approximate surface area is 104 Å². The number of rotatable bonds is 4. The molecule has 2 rings (SSSR count). The second-order valence-corrected chi connectivity index (χ2v) is 4.19. The predicted octanol–water partition coefficient (Wildman–Crippen LogP) is 1.67. The number of nitrogens with one attached hydrogen (secondary N) is 1. The van der Waals surface area contributed by atoms with E-state index in [9.17, 15) is 4.79 Å². The van der Waals surface area contributed by atoms with Crippen molar-refractivity contribution in [3.8, 4) is 0 Å². The van der Waals surface area contributed by atoms with Gasteiger partial charge >= 0.3 is 0 Å². The second kappa shape index (κ2) is 4.99. The van der Waals surface area contributed by atoms with E-state index >= 15 is 0 Å². The van der Waals surface area contributed by atoms with E-state index in [-0.39, 0.29) is 23.6 Å². The lowest BCUT2D eigenvalue weighted by molar-refractivity contribution is 0.0905. The maximum atomic E-state index is 11.7. The van der Waals surface area contributed by atoms with E-state index in [4.69, 9.17) is 8.83 Å². The van der Waals surface area contributed by atoms with E-state index in [1.165, 1.54) is 12.6 Å². The van der Waals surface area contributed by atoms with Gasteiger partial charge in [0.05, 0.1) is 6.20 Å². The molecule has 0 aliphatic heterocycles. The zero-order valence-corrected chi connectivity index (χ0v) is 10.4. The highest BCUT2D eigenvalue weighted by Gasteiger charge is 2.19. The lowest BCUT2D eigenvalue weighted by Gasteiger charge is -2.07. The van der Waals surface area contributed by atoms with Crippen LogP contribution in [0, 0.1) is 0 Å². The Morgan fingerprint density at radius 3 is 2.56 bits per heavy atom. The minimum absolute atomic E-state index is 0.144. The second-order valence-electron chi connectivity index (χ2n) is 4.19. The first-order valence-corrected chi connectivity index (χ1v) is 5.60. The smallest absolute Gasteiger partial charge is 0.289 e. The van der Waals surface area contributed by atoms with Crippen molar-refractivity contribution in [2.75, 3.05) is 0 Å². The summed E-state index contributed by atoms with van der Waals surface area (Å²) in [7, 11) is 0. The molecule has 0 radical (unpaired) electrons. The van der Waals surface area contributed by atoms with Gasteiger partial charge in [-0.05, 0) is 6.92 Å². The molecule has 0 aliphatic carbocycles. The van der Waals surface area contributed by atoms with Gasteiger partial charge in [-0.3, -0.25) is 4.79 Å². The molecule has 0 unspecified atom stereocenters. The summed E-state index contributed by atoms with van der Waals surface area (Å²) in [6.07, 6.45) is 2.54. The van der Waals surface area contributed by atoms with Gasteiger partial charge in [0.1, 0.15) is 6.04 Å². The molecular formula is C11H14N4O3. The Balaban J connectivity index is 2.03. The molecule has 0 spiro atoms. The fraction of sp³-hybridized carbons (Fsp3) is 0.455. The molecule has 1 amide bonds. The fourth-order valence-corrected chi connectivity index (χ4v) is 1.31. The minimum atomic E-state index is -0.386. The van der Waals surface area contributed by atoms with Crippen molar-refractivity contribution in [3.05, 3.63) is 30.1 Å². The number of oxazole rings is 1. The molecule has 2 aromatic heterocycles. The van der Waals surface area contributed by atoms with Gasteiger partial charge in [0.2, 0.25) is 17.5 Å². The maximum Gasteiger partial charge on any atom is 0.289 e. The van der Waals surface area contributed by atoms with Crippen molar-refractivity contribution in [2.45, 2.75) is 32.7 Å². The summed E-state index contributed by atoms with van der Waals surface area (Å²) in [5, 5.41) is 10.5. The minimum Gasteiger partial charge on any atom is -0.438 e. The first-order chi connectivity index (χ1) is 8.58. The largest absolute Gasteiger partial charge is 0.438 e. The zero-order valence-electron chi connectivity index (χ0n) is 10.4. The van der Waals surface area contributed by atoms with Gasteiger partial charge < -0.3 is 14.2 Å². The monoisotopic (exact) mass is 250 g/mol. The van der Waals surface area contributed by atoms with Crippen LogP contribution >= 0.6 is 0 Å². The van der Waals surface area contributed by atoms with Crippen molar-refractivity contribution in [1.82, 2.24) is 20.5 Å². The third-order valence-electron chi connectivity index (χ3n) is 2.32. The van der Waals surface area contributed by atoms with Crippen molar-refractivity contribution < 1.29 is 13.6 Å². The lowest BCUT2D eigenvalue weighted by Crippen LogP contribution is -2.26. The van der Waals surface area contributed by atoms with Crippen LogP contribution in [0.1, 0.15) is 55.1 Å². The number of amides is 1. The first kappa shape index (κ1) is 12.3. The molecule has 7 nitrogen and oxygen atoms in total. The number of hydrogen-bond donors (Lipinski definition) is 1. The Morgan fingerprint density at radius 2 is 2.00 bits per heavy atom. The predicted molar refractivity (Wildman–Crippen MR) is 60.8 cm³/mol. The number of hydrogen-bond acceptors (Lipinski definition) is 6. The normalized spacial score (nSPS) is 12.7. The highest BCUT2D eigenvalue weighted by Crippen LogP contribution is 2.16. The SMILES string of the molecule is CC(C)c1nnc([C@@H](C)NC(=O)c2cnco2)o1. The maximum absolute atomic E-state index is 11.7. The van der Waals surface area contributed by atoms with Crippen LogP contribution in [0.3, 0.4) is 0 Å². The highest BCUT2D eigenvalue weighted by molar-refractivity contribution is 5.91. The number of carbonyl (C=O) groups is 1. The van der Waals surface area contributed by atoms with Crippen molar-refractivity contribution in [2.24, 2.45) is 0 Å². The summed E-state index contributed by atoms with van der Waals surface area (Å²) in [6, 6.07) is -0.386. The standard InChI is InChI=1S/C11H14N4O3/c1-6(2)10-14-15-11(18-10)7(3)13-9(16)8-4-12-5-17-8/h4-7H,1-3H3,(H,13,16)/t7-/m1/s1. The van der Waals surface area contributed by atoms with Crippen LogP contribution in [0.15, 0.2) is 21.4 Å². The quantitative estimate of drug-likeness (QED) is 0.887. The summed E-state index contributed by atoms with van der Waals surface area (Å²) >= 11 is 0. The molecule has 2 heterocycles. The molecule has 2 aromatic rings. The third kappa shape index (κ3) is 2.55. The molecule has 1 N–H and O–H groups in total. The van der Waals surface area contributed by atoms with E-state index in [0.29, 0.717) is 11.8 Å². The summed E-state index contributed by atoms with van der Waals surface area (Å²) in [6.45, 7) is 5.66. The molecule has 96 valence electrons. The summed E-state index contributed by atoms with van der Waals surface area (Å²) < 4.78 is 10.3. The van der Waals surface area contributed by atoms with Crippen LogP contribution in [0.25, 0.3) is 0 Å². The van der Waals surface area contributed by atoms with Gasteiger partial charge in [-0.25, -0.2) is 4.98 Å². The highest BCUT2D eigenvalue weighted by atomic mass is 16.4. The van der Waals surface area contributed by atoms with Crippen LogP contribution < -0.4 is 5.32 Å². The molecule has 1 atom stereocenters. The van der Waals surface area contributed by atoms with Crippen LogP contribution in [0.2, 0.25) is 0 Å². The van der Waals surface area contributed by atoms with E-state index in [1.54, 1.807) is 6.92 Å². The van der Waals surface area contributed by atoms with E-state index < -0.39 is 0 Å². The van der Waals surface area contributed by atoms with Crippen LogP contribution in [0.4, 0.5) is 0 Å². The molecule has 0 aromatic carbocycles. The fourth-order valence-electron chi connectivity index (χ4n) is 1.31. The Kier molecular flexibility index (Phi) is 3.40. The molecular weight excluding hydrogens is 236 g/mol. The molecule has 0 saturated heterocycles. The van der Waals surface area contributed by atoms with Gasteiger partial charge in [0.15, 0.2) is 6.39 Å².